The Morgan fingerprint density at radius 3 is 2.47 bits per heavy atom. The largest absolute Gasteiger partial charge is 0.314 e. The van der Waals surface area contributed by atoms with Crippen molar-refractivity contribution in [2.75, 3.05) is 18.1 Å². The van der Waals surface area contributed by atoms with Crippen molar-refractivity contribution in [3.05, 3.63) is 0 Å². The van der Waals surface area contributed by atoms with Gasteiger partial charge in [-0.25, -0.2) is 8.42 Å². The van der Waals surface area contributed by atoms with Crippen LogP contribution in [0, 0.1) is 11.3 Å². The van der Waals surface area contributed by atoms with Crippen molar-refractivity contribution in [2.45, 2.75) is 65.8 Å². The molecule has 0 aromatic rings. The van der Waals surface area contributed by atoms with Crippen LogP contribution in [-0.2, 0) is 9.84 Å². The Kier molecular flexibility index (Phi) is 6.31. The molecule has 1 aliphatic rings. The van der Waals surface area contributed by atoms with Crippen LogP contribution in [0.5, 0.6) is 0 Å². The second-order valence-electron chi connectivity index (χ2n) is 7.26. The van der Waals surface area contributed by atoms with Crippen LogP contribution < -0.4 is 5.32 Å². The lowest BCUT2D eigenvalue weighted by atomic mass is 9.86. The van der Waals surface area contributed by atoms with Gasteiger partial charge in [0.1, 0.15) is 0 Å². The molecule has 2 atom stereocenters. The second-order valence-corrected chi connectivity index (χ2v) is 9.48. The minimum atomic E-state index is -2.73. The SMILES string of the molecule is CCCNC(CCC(C)(C)C)CC1CCS(=O)(=O)C1. The van der Waals surface area contributed by atoms with Gasteiger partial charge in [-0.05, 0) is 50.0 Å². The molecular formula is C15H31NO2S. The van der Waals surface area contributed by atoms with Gasteiger partial charge in [-0.15, -0.1) is 0 Å². The molecule has 1 aliphatic heterocycles. The fourth-order valence-electron chi connectivity index (χ4n) is 2.72. The van der Waals surface area contributed by atoms with E-state index in [2.05, 4.69) is 33.0 Å². The average Bonchev–Trinajstić information content (AvgIpc) is 2.61. The van der Waals surface area contributed by atoms with Crippen LogP contribution in [0.25, 0.3) is 0 Å². The Balaban J connectivity index is 2.45. The molecule has 2 unspecified atom stereocenters. The minimum absolute atomic E-state index is 0.355. The highest BCUT2D eigenvalue weighted by molar-refractivity contribution is 7.91. The molecule has 1 fully saturated rings. The quantitative estimate of drug-likeness (QED) is 0.783. The molecule has 3 nitrogen and oxygen atoms in total. The molecule has 0 bridgehead atoms. The lowest BCUT2D eigenvalue weighted by molar-refractivity contribution is 0.305. The fourth-order valence-corrected chi connectivity index (χ4v) is 4.60. The van der Waals surface area contributed by atoms with E-state index in [9.17, 15) is 8.42 Å². The highest BCUT2D eigenvalue weighted by atomic mass is 32.2. The number of sulfone groups is 1. The Labute approximate surface area is 119 Å². The van der Waals surface area contributed by atoms with E-state index in [-0.39, 0.29) is 0 Å². The zero-order valence-corrected chi connectivity index (χ0v) is 13.9. The summed E-state index contributed by atoms with van der Waals surface area (Å²) >= 11 is 0. The van der Waals surface area contributed by atoms with E-state index in [4.69, 9.17) is 0 Å². The van der Waals surface area contributed by atoms with Gasteiger partial charge >= 0.3 is 0 Å². The van der Waals surface area contributed by atoms with Crippen molar-refractivity contribution in [2.24, 2.45) is 11.3 Å². The van der Waals surface area contributed by atoms with Crippen molar-refractivity contribution >= 4 is 9.84 Å². The highest BCUT2D eigenvalue weighted by Gasteiger charge is 2.29. The van der Waals surface area contributed by atoms with Gasteiger partial charge in [-0.2, -0.15) is 0 Å². The number of hydrogen-bond donors (Lipinski definition) is 1. The number of nitrogens with one attached hydrogen (secondary N) is 1. The maximum Gasteiger partial charge on any atom is 0.150 e. The minimum Gasteiger partial charge on any atom is -0.314 e. The van der Waals surface area contributed by atoms with Crippen LogP contribution in [0.1, 0.15) is 59.8 Å². The van der Waals surface area contributed by atoms with E-state index in [0.29, 0.717) is 28.9 Å². The van der Waals surface area contributed by atoms with Crippen molar-refractivity contribution in [3.63, 3.8) is 0 Å². The topological polar surface area (TPSA) is 46.2 Å². The van der Waals surface area contributed by atoms with Gasteiger partial charge < -0.3 is 5.32 Å². The standard InChI is InChI=1S/C15H31NO2S/c1-5-9-16-14(6-8-15(2,3)4)11-13-7-10-19(17,18)12-13/h13-14,16H,5-12H2,1-4H3. The number of hydrogen-bond acceptors (Lipinski definition) is 3. The predicted octanol–water partition coefficient (Wildman–Crippen LogP) is 3.01. The van der Waals surface area contributed by atoms with E-state index >= 15 is 0 Å². The molecule has 0 aromatic heterocycles. The Morgan fingerprint density at radius 1 is 1.32 bits per heavy atom. The van der Waals surface area contributed by atoms with Gasteiger partial charge in [0, 0.05) is 6.04 Å². The molecule has 4 heteroatoms. The van der Waals surface area contributed by atoms with Gasteiger partial charge in [0.05, 0.1) is 11.5 Å². The zero-order chi connectivity index (χ0) is 14.5. The Morgan fingerprint density at radius 2 is 2.00 bits per heavy atom. The molecule has 0 radical (unpaired) electrons. The summed E-state index contributed by atoms with van der Waals surface area (Å²) in [6.45, 7) is 10.0. The van der Waals surface area contributed by atoms with Crippen molar-refractivity contribution in [1.29, 1.82) is 0 Å². The van der Waals surface area contributed by atoms with E-state index < -0.39 is 9.84 Å². The lowest BCUT2D eigenvalue weighted by Gasteiger charge is -2.25. The van der Waals surface area contributed by atoms with Gasteiger partial charge in [0.15, 0.2) is 9.84 Å². The summed E-state index contributed by atoms with van der Waals surface area (Å²) in [7, 11) is -2.73. The monoisotopic (exact) mass is 289 g/mol. The summed E-state index contributed by atoms with van der Waals surface area (Å²) in [6.07, 6.45) is 5.36. The third-order valence-corrected chi connectivity index (χ3v) is 5.71. The van der Waals surface area contributed by atoms with Crippen LogP contribution in [0.4, 0.5) is 0 Å². The molecular weight excluding hydrogens is 258 g/mol. The van der Waals surface area contributed by atoms with Crippen molar-refractivity contribution < 1.29 is 8.42 Å². The molecule has 0 aliphatic carbocycles. The predicted molar refractivity (Wildman–Crippen MR) is 82.1 cm³/mol. The highest BCUT2D eigenvalue weighted by Crippen LogP contribution is 2.27. The molecule has 0 amide bonds. The van der Waals surface area contributed by atoms with Gasteiger partial charge in [0.25, 0.3) is 0 Å². The fraction of sp³-hybridized carbons (Fsp3) is 1.00. The van der Waals surface area contributed by atoms with Crippen LogP contribution in [-0.4, -0.2) is 32.5 Å². The molecule has 1 heterocycles. The first-order chi connectivity index (χ1) is 8.72. The van der Waals surface area contributed by atoms with E-state index in [1.807, 2.05) is 0 Å². The Hall–Kier alpha value is -0.0900. The summed E-state index contributed by atoms with van der Waals surface area (Å²) < 4.78 is 23.1. The van der Waals surface area contributed by atoms with Crippen molar-refractivity contribution in [3.8, 4) is 0 Å². The summed E-state index contributed by atoms with van der Waals surface area (Å²) in [4.78, 5) is 0. The first-order valence-electron chi connectivity index (χ1n) is 7.65. The van der Waals surface area contributed by atoms with Crippen LogP contribution in [0.15, 0.2) is 0 Å². The second kappa shape index (κ2) is 7.07. The molecule has 1 N–H and O–H groups in total. The molecule has 0 saturated carbocycles. The van der Waals surface area contributed by atoms with E-state index in [1.54, 1.807) is 0 Å². The molecule has 114 valence electrons. The first-order valence-corrected chi connectivity index (χ1v) is 9.48. The number of rotatable bonds is 7. The van der Waals surface area contributed by atoms with E-state index in [0.717, 1.165) is 32.2 Å². The average molecular weight is 289 g/mol. The van der Waals surface area contributed by atoms with Crippen LogP contribution >= 0.6 is 0 Å². The normalized spacial score (nSPS) is 24.5. The molecule has 19 heavy (non-hydrogen) atoms. The summed E-state index contributed by atoms with van der Waals surface area (Å²) in [5, 5.41) is 3.60. The van der Waals surface area contributed by atoms with Crippen molar-refractivity contribution in [1.82, 2.24) is 5.32 Å². The smallest absolute Gasteiger partial charge is 0.150 e. The first kappa shape index (κ1) is 17.0. The third-order valence-electron chi connectivity index (χ3n) is 3.87. The Bertz CT molecular complexity index is 357. The van der Waals surface area contributed by atoms with Crippen LogP contribution in [0.3, 0.4) is 0 Å². The van der Waals surface area contributed by atoms with E-state index in [1.165, 1.54) is 6.42 Å². The van der Waals surface area contributed by atoms with Crippen LogP contribution in [0.2, 0.25) is 0 Å². The molecule has 0 aromatic carbocycles. The molecule has 1 rings (SSSR count). The molecule has 0 spiro atoms. The lowest BCUT2D eigenvalue weighted by Crippen LogP contribution is -2.33. The summed E-state index contributed by atoms with van der Waals surface area (Å²) in [6, 6.07) is 0.484. The maximum atomic E-state index is 11.5. The maximum absolute atomic E-state index is 11.5. The summed E-state index contributed by atoms with van der Waals surface area (Å²) in [5.41, 5.74) is 0.355. The molecule has 1 saturated heterocycles. The van der Waals surface area contributed by atoms with Gasteiger partial charge in [-0.1, -0.05) is 27.7 Å². The summed E-state index contributed by atoms with van der Waals surface area (Å²) in [5.74, 6) is 1.18. The zero-order valence-electron chi connectivity index (χ0n) is 13.0. The van der Waals surface area contributed by atoms with Gasteiger partial charge in [0.2, 0.25) is 0 Å². The third kappa shape index (κ3) is 7.31. The van der Waals surface area contributed by atoms with Gasteiger partial charge in [-0.3, -0.25) is 0 Å².